The summed E-state index contributed by atoms with van der Waals surface area (Å²) >= 11 is 11.9. The minimum Gasteiger partial charge on any atom is -0.479 e. The Bertz CT molecular complexity index is 1180. The van der Waals surface area contributed by atoms with Crippen molar-refractivity contribution in [2.75, 3.05) is 0 Å². The van der Waals surface area contributed by atoms with E-state index in [0.717, 1.165) is 16.8 Å². The van der Waals surface area contributed by atoms with Crippen molar-refractivity contribution >= 4 is 67.9 Å². The standard InChI is InChI=1S/C19H15ClN2O6S3/c1-11(18(24)25)28-14-4-2-3-12(9-14)10-16-17(23)22(19(29)30-16)21-31(26,27)15-7-5-13(20)6-8-15/h2-11,21H,1H3,(H,24,25)/b16-10+. The van der Waals surface area contributed by atoms with Gasteiger partial charge in [0.1, 0.15) is 5.75 Å². The Labute approximate surface area is 192 Å². The number of hydrogen-bond donors (Lipinski definition) is 2. The number of nitrogens with one attached hydrogen (secondary N) is 1. The number of carbonyl (C=O) groups excluding carboxylic acids is 1. The van der Waals surface area contributed by atoms with Gasteiger partial charge in [0.2, 0.25) is 0 Å². The molecule has 162 valence electrons. The maximum absolute atomic E-state index is 12.7. The molecule has 2 N–H and O–H groups in total. The van der Waals surface area contributed by atoms with E-state index >= 15 is 0 Å². The average Bonchev–Trinajstić information content (AvgIpc) is 2.95. The zero-order valence-electron chi connectivity index (χ0n) is 15.8. The molecule has 1 amide bonds. The van der Waals surface area contributed by atoms with Crippen LogP contribution in [0.3, 0.4) is 0 Å². The van der Waals surface area contributed by atoms with E-state index in [2.05, 4.69) is 4.83 Å². The summed E-state index contributed by atoms with van der Waals surface area (Å²) in [6.07, 6.45) is 0.463. The number of thiocarbonyl (C=S) groups is 1. The summed E-state index contributed by atoms with van der Waals surface area (Å²) in [7, 11) is -4.06. The number of carbonyl (C=O) groups is 2. The third-order valence-corrected chi connectivity index (χ3v) is 6.82. The van der Waals surface area contributed by atoms with E-state index in [-0.39, 0.29) is 14.1 Å². The molecule has 12 heteroatoms. The van der Waals surface area contributed by atoms with E-state index in [9.17, 15) is 18.0 Å². The first-order valence-corrected chi connectivity index (χ1v) is 11.7. The third kappa shape index (κ3) is 5.63. The van der Waals surface area contributed by atoms with E-state index in [1.165, 1.54) is 37.3 Å². The summed E-state index contributed by atoms with van der Waals surface area (Å²) in [5.74, 6) is -1.44. The summed E-state index contributed by atoms with van der Waals surface area (Å²) in [6, 6.07) is 11.9. The molecule has 1 aliphatic rings. The van der Waals surface area contributed by atoms with E-state index in [0.29, 0.717) is 16.3 Å². The first-order chi connectivity index (χ1) is 14.6. The molecule has 1 fully saturated rings. The molecule has 3 rings (SSSR count). The first kappa shape index (κ1) is 23.2. The number of ether oxygens (including phenoxy) is 1. The van der Waals surface area contributed by atoms with Crippen LogP contribution in [0.25, 0.3) is 6.08 Å². The Morgan fingerprint density at radius 1 is 1.29 bits per heavy atom. The molecule has 31 heavy (non-hydrogen) atoms. The second-order valence-electron chi connectivity index (χ2n) is 6.24. The highest BCUT2D eigenvalue weighted by Gasteiger charge is 2.35. The van der Waals surface area contributed by atoms with Gasteiger partial charge in [-0.15, -0.1) is 4.83 Å². The van der Waals surface area contributed by atoms with Gasteiger partial charge in [-0.05, 0) is 55.0 Å². The molecule has 0 bridgehead atoms. The molecule has 0 saturated carbocycles. The van der Waals surface area contributed by atoms with Gasteiger partial charge in [-0.1, -0.05) is 47.7 Å². The van der Waals surface area contributed by atoms with Crippen molar-refractivity contribution in [1.82, 2.24) is 9.84 Å². The van der Waals surface area contributed by atoms with Crippen LogP contribution in [-0.4, -0.2) is 40.8 Å². The molecule has 0 spiro atoms. The molecule has 2 aromatic carbocycles. The number of amides is 1. The Kier molecular flexibility index (Phi) is 7.02. The van der Waals surface area contributed by atoms with Crippen LogP contribution in [0.1, 0.15) is 12.5 Å². The van der Waals surface area contributed by atoms with Gasteiger partial charge in [-0.25, -0.2) is 18.2 Å². The van der Waals surface area contributed by atoms with E-state index in [1.54, 1.807) is 24.3 Å². The zero-order valence-corrected chi connectivity index (χ0v) is 19.0. The van der Waals surface area contributed by atoms with Crippen molar-refractivity contribution < 1.29 is 27.9 Å². The normalized spacial score (nSPS) is 16.6. The quantitative estimate of drug-likeness (QED) is 0.441. The monoisotopic (exact) mass is 498 g/mol. The second kappa shape index (κ2) is 9.37. The summed E-state index contributed by atoms with van der Waals surface area (Å²) in [4.78, 5) is 26.0. The van der Waals surface area contributed by atoms with Crippen LogP contribution in [0.2, 0.25) is 5.02 Å². The highest BCUT2D eigenvalue weighted by atomic mass is 35.5. The number of aliphatic carboxylic acids is 1. The van der Waals surface area contributed by atoms with Crippen LogP contribution in [0.4, 0.5) is 0 Å². The first-order valence-electron chi connectivity index (χ1n) is 8.62. The number of sulfonamides is 1. The number of hydrazine groups is 1. The van der Waals surface area contributed by atoms with E-state index < -0.39 is 28.0 Å². The average molecular weight is 499 g/mol. The van der Waals surface area contributed by atoms with Gasteiger partial charge < -0.3 is 9.84 Å². The number of nitrogens with zero attached hydrogens (tertiary/aromatic N) is 1. The van der Waals surface area contributed by atoms with Gasteiger partial charge in [0, 0.05) is 5.02 Å². The molecule has 8 nitrogen and oxygen atoms in total. The highest BCUT2D eigenvalue weighted by molar-refractivity contribution is 8.26. The fourth-order valence-corrected chi connectivity index (χ4v) is 4.85. The van der Waals surface area contributed by atoms with E-state index in [1.807, 2.05) is 0 Å². The van der Waals surface area contributed by atoms with Crippen LogP contribution in [-0.2, 0) is 19.6 Å². The predicted octanol–water partition coefficient (Wildman–Crippen LogP) is 3.29. The molecule has 1 atom stereocenters. The van der Waals surface area contributed by atoms with Crippen LogP contribution in [0.15, 0.2) is 58.3 Å². The number of carboxylic acid groups (broad SMARTS) is 1. The van der Waals surface area contributed by atoms with Crippen molar-refractivity contribution in [2.24, 2.45) is 0 Å². The van der Waals surface area contributed by atoms with Crippen LogP contribution >= 0.6 is 35.6 Å². The molecule has 0 aliphatic carbocycles. The fourth-order valence-electron chi connectivity index (χ4n) is 2.42. The van der Waals surface area contributed by atoms with Crippen LogP contribution in [0.5, 0.6) is 5.75 Å². The van der Waals surface area contributed by atoms with Gasteiger partial charge in [0.05, 0.1) is 9.80 Å². The Balaban J connectivity index is 1.79. The third-order valence-electron chi connectivity index (χ3n) is 3.95. The molecule has 0 aromatic heterocycles. The van der Waals surface area contributed by atoms with Gasteiger partial charge in [0.15, 0.2) is 10.4 Å². The Morgan fingerprint density at radius 3 is 2.61 bits per heavy atom. The molecule has 0 radical (unpaired) electrons. The minimum atomic E-state index is -4.06. The SMILES string of the molecule is CC(Oc1cccc(/C=C2/SC(=S)N(NS(=O)(=O)c3ccc(Cl)cc3)C2=O)c1)C(=O)O. The maximum Gasteiger partial charge on any atom is 0.344 e. The lowest BCUT2D eigenvalue weighted by molar-refractivity contribution is -0.144. The second-order valence-corrected chi connectivity index (χ2v) is 10.0. The molecule has 2 aromatic rings. The molecule has 1 heterocycles. The lowest BCUT2D eigenvalue weighted by atomic mass is 10.2. The van der Waals surface area contributed by atoms with Gasteiger partial charge in [-0.2, -0.15) is 0 Å². The van der Waals surface area contributed by atoms with Gasteiger partial charge >= 0.3 is 5.97 Å². The van der Waals surface area contributed by atoms with E-state index in [4.69, 9.17) is 33.7 Å². The van der Waals surface area contributed by atoms with Crippen LogP contribution in [0, 0.1) is 0 Å². The lowest BCUT2D eigenvalue weighted by Crippen LogP contribution is -2.44. The van der Waals surface area contributed by atoms with Crippen molar-refractivity contribution in [3.8, 4) is 5.75 Å². The molecule has 1 unspecified atom stereocenters. The van der Waals surface area contributed by atoms with Crippen LogP contribution < -0.4 is 9.57 Å². The fraction of sp³-hybridized carbons (Fsp3) is 0.105. The Hall–Kier alpha value is -2.44. The lowest BCUT2D eigenvalue weighted by Gasteiger charge is -2.16. The highest BCUT2D eigenvalue weighted by Crippen LogP contribution is 2.32. The Morgan fingerprint density at radius 2 is 1.97 bits per heavy atom. The summed E-state index contributed by atoms with van der Waals surface area (Å²) in [5.41, 5.74) is 0.552. The largest absolute Gasteiger partial charge is 0.479 e. The van der Waals surface area contributed by atoms with Gasteiger partial charge in [0.25, 0.3) is 15.9 Å². The topological polar surface area (TPSA) is 113 Å². The van der Waals surface area contributed by atoms with Crippen molar-refractivity contribution in [1.29, 1.82) is 0 Å². The number of carboxylic acids is 1. The number of thioether (sulfide) groups is 1. The minimum absolute atomic E-state index is 0.0145. The predicted molar refractivity (Wildman–Crippen MR) is 121 cm³/mol. The maximum atomic E-state index is 12.7. The zero-order chi connectivity index (χ0) is 22.8. The summed E-state index contributed by atoms with van der Waals surface area (Å²) < 4.78 is 30.4. The number of rotatable bonds is 7. The molecular weight excluding hydrogens is 484 g/mol. The van der Waals surface area contributed by atoms with Crippen molar-refractivity contribution in [2.45, 2.75) is 17.9 Å². The molecular formula is C19H15ClN2O6S3. The summed E-state index contributed by atoms with van der Waals surface area (Å²) in [6.45, 7) is 1.40. The summed E-state index contributed by atoms with van der Waals surface area (Å²) in [5, 5.41) is 10.1. The van der Waals surface area contributed by atoms with Crippen molar-refractivity contribution in [3.63, 3.8) is 0 Å². The van der Waals surface area contributed by atoms with Crippen molar-refractivity contribution in [3.05, 3.63) is 64.0 Å². The van der Waals surface area contributed by atoms with Gasteiger partial charge in [-0.3, -0.25) is 4.79 Å². The molecule has 1 aliphatic heterocycles. The smallest absolute Gasteiger partial charge is 0.344 e. The number of benzene rings is 2. The molecule has 1 saturated heterocycles. The number of halogens is 1. The number of hydrogen-bond acceptors (Lipinski definition) is 7.